The number of benzene rings is 1. The summed E-state index contributed by atoms with van der Waals surface area (Å²) in [4.78, 5) is 30.5. The van der Waals surface area contributed by atoms with Crippen LogP contribution in [0, 0.1) is 11.3 Å². The third-order valence-electron chi connectivity index (χ3n) is 8.35. The van der Waals surface area contributed by atoms with E-state index >= 15 is 0 Å². The highest BCUT2D eigenvalue weighted by Crippen LogP contribution is 2.30. The minimum Gasteiger partial charge on any atom is -0.392 e. The molecule has 0 spiro atoms. The van der Waals surface area contributed by atoms with Gasteiger partial charge in [-0.05, 0) is 36.7 Å². The first kappa shape index (κ1) is 25.7. The van der Waals surface area contributed by atoms with Crippen LogP contribution in [0.3, 0.4) is 0 Å². The predicted molar refractivity (Wildman–Crippen MR) is 150 cm³/mol. The first-order chi connectivity index (χ1) is 19.0. The van der Waals surface area contributed by atoms with Crippen LogP contribution in [0.25, 0.3) is 16.6 Å². The molecule has 2 fully saturated rings. The third-order valence-corrected chi connectivity index (χ3v) is 8.35. The number of nitrogens with one attached hydrogen (secondary N) is 1. The monoisotopic (exact) mass is 529 g/mol. The van der Waals surface area contributed by atoms with Crippen molar-refractivity contribution in [3.05, 3.63) is 45.9 Å². The van der Waals surface area contributed by atoms with Gasteiger partial charge in [0.15, 0.2) is 0 Å². The second kappa shape index (κ2) is 10.5. The van der Waals surface area contributed by atoms with Crippen LogP contribution in [-0.4, -0.2) is 93.8 Å². The van der Waals surface area contributed by atoms with Gasteiger partial charge in [0.25, 0.3) is 5.56 Å². The second-order valence-electron chi connectivity index (χ2n) is 10.7. The number of fused-ring (bicyclic) bond motifs is 2. The minimum atomic E-state index is -0.447. The maximum atomic E-state index is 14.0. The summed E-state index contributed by atoms with van der Waals surface area (Å²) < 4.78 is 1.42. The lowest BCUT2D eigenvalue weighted by molar-refractivity contribution is 0.182. The van der Waals surface area contributed by atoms with E-state index in [4.69, 9.17) is 9.97 Å². The summed E-state index contributed by atoms with van der Waals surface area (Å²) in [6, 6.07) is 8.52. The summed E-state index contributed by atoms with van der Waals surface area (Å²) in [7, 11) is 0. The molecular weight excluding hydrogens is 494 g/mol. The van der Waals surface area contributed by atoms with Gasteiger partial charge in [-0.25, -0.2) is 4.98 Å². The zero-order chi connectivity index (χ0) is 27.1. The molecule has 2 aromatic heterocycles. The van der Waals surface area contributed by atoms with Crippen LogP contribution in [0.5, 0.6) is 0 Å². The summed E-state index contributed by atoms with van der Waals surface area (Å²) in [5.41, 5.74) is 2.74. The number of nitriles is 1. The summed E-state index contributed by atoms with van der Waals surface area (Å²) >= 11 is 0. The maximum absolute atomic E-state index is 14.0. The molecule has 2 aliphatic heterocycles. The van der Waals surface area contributed by atoms with Crippen molar-refractivity contribution in [2.24, 2.45) is 0 Å². The number of aliphatic hydroxyl groups excluding tert-OH is 1. The molecule has 0 saturated carbocycles. The molecule has 2 N–H and O–H groups in total. The summed E-state index contributed by atoms with van der Waals surface area (Å²) in [5, 5.41) is 28.1. The fraction of sp³-hybridized carbons (Fsp3) is 0.536. The second-order valence-corrected chi connectivity index (χ2v) is 10.7. The van der Waals surface area contributed by atoms with Gasteiger partial charge in [0.2, 0.25) is 5.95 Å². The van der Waals surface area contributed by atoms with Crippen molar-refractivity contribution in [1.82, 2.24) is 30.0 Å². The van der Waals surface area contributed by atoms with Gasteiger partial charge in [-0.2, -0.15) is 20.0 Å². The molecular formula is C28H35N9O2. The van der Waals surface area contributed by atoms with Crippen molar-refractivity contribution in [3.8, 4) is 11.8 Å². The van der Waals surface area contributed by atoms with Crippen molar-refractivity contribution in [2.45, 2.75) is 51.3 Å². The van der Waals surface area contributed by atoms with Crippen LogP contribution in [0.2, 0.25) is 0 Å². The zero-order valence-electron chi connectivity index (χ0n) is 22.5. The Bertz CT molecular complexity index is 1470. The average molecular weight is 530 g/mol. The van der Waals surface area contributed by atoms with E-state index in [2.05, 4.69) is 45.0 Å². The van der Waals surface area contributed by atoms with Gasteiger partial charge < -0.3 is 20.2 Å². The minimum absolute atomic E-state index is 0.0277. The van der Waals surface area contributed by atoms with Crippen molar-refractivity contribution >= 4 is 22.7 Å². The molecule has 0 radical (unpaired) electrons. The molecule has 4 heterocycles. The standard InChI is InChI=1S/C28H35N9O2/c1-3-34(4-2)20-16-36(17-20)28-32-25-23(26(33-28)35-11-10-30-19(15-35)8-9-29)14-31-37(27(25)39)24-7-5-6-18-12-21(38)13-22(18)24/h5-7,14,19-21,30,38H,3-4,8,10-13,15-17H2,1-2H3. The molecule has 204 valence electrons. The number of piperazine rings is 1. The van der Waals surface area contributed by atoms with E-state index < -0.39 is 6.10 Å². The Balaban J connectivity index is 1.44. The number of rotatable bonds is 7. The van der Waals surface area contributed by atoms with E-state index in [1.165, 1.54) is 4.68 Å². The lowest BCUT2D eigenvalue weighted by Gasteiger charge is -2.45. The Morgan fingerprint density at radius 1 is 1.15 bits per heavy atom. The lowest BCUT2D eigenvalue weighted by atomic mass is 10.1. The molecule has 2 atom stereocenters. The highest BCUT2D eigenvalue weighted by atomic mass is 16.3. The maximum Gasteiger partial charge on any atom is 0.298 e. The van der Waals surface area contributed by atoms with Crippen molar-refractivity contribution in [3.63, 3.8) is 0 Å². The van der Waals surface area contributed by atoms with E-state index in [9.17, 15) is 15.2 Å². The number of aromatic nitrogens is 4. The van der Waals surface area contributed by atoms with Gasteiger partial charge in [-0.3, -0.25) is 9.69 Å². The Kier molecular flexibility index (Phi) is 6.93. The molecule has 2 unspecified atom stereocenters. The van der Waals surface area contributed by atoms with Crippen molar-refractivity contribution in [1.29, 1.82) is 5.26 Å². The average Bonchev–Trinajstić information content (AvgIpc) is 3.31. The Labute approximate surface area is 227 Å². The molecule has 1 aliphatic carbocycles. The predicted octanol–water partition coefficient (Wildman–Crippen LogP) is 0.857. The number of hydrogen-bond donors (Lipinski definition) is 2. The van der Waals surface area contributed by atoms with Gasteiger partial charge >= 0.3 is 0 Å². The van der Waals surface area contributed by atoms with Crippen LogP contribution < -0.4 is 20.7 Å². The number of anilines is 2. The van der Waals surface area contributed by atoms with E-state index in [0.29, 0.717) is 66.8 Å². The van der Waals surface area contributed by atoms with E-state index in [1.54, 1.807) is 6.20 Å². The number of likely N-dealkylation sites (N-methyl/N-ethyl adjacent to an activating group) is 1. The van der Waals surface area contributed by atoms with Gasteiger partial charge in [0, 0.05) is 51.2 Å². The molecule has 11 heteroatoms. The number of aliphatic hydroxyl groups is 1. The van der Waals surface area contributed by atoms with E-state index in [-0.39, 0.29) is 11.6 Å². The number of hydrogen-bond acceptors (Lipinski definition) is 10. The summed E-state index contributed by atoms with van der Waals surface area (Å²) in [5.74, 6) is 1.25. The summed E-state index contributed by atoms with van der Waals surface area (Å²) in [6.07, 6.45) is 2.73. The van der Waals surface area contributed by atoms with Crippen molar-refractivity contribution < 1.29 is 5.11 Å². The van der Waals surface area contributed by atoms with Crippen LogP contribution in [0.1, 0.15) is 31.4 Å². The van der Waals surface area contributed by atoms with E-state index in [1.807, 2.05) is 18.2 Å². The first-order valence-corrected chi connectivity index (χ1v) is 13.9. The molecule has 0 bridgehead atoms. The van der Waals surface area contributed by atoms with Gasteiger partial charge in [0.05, 0.1) is 35.9 Å². The van der Waals surface area contributed by atoms with Crippen LogP contribution in [-0.2, 0) is 12.8 Å². The first-order valence-electron chi connectivity index (χ1n) is 13.9. The SMILES string of the molecule is CCN(CC)C1CN(c2nc(N3CCNC(CC#N)C3)c3cnn(-c4cccc5c4CC(O)C5)c(=O)c3n2)C1. The van der Waals surface area contributed by atoms with Gasteiger partial charge in [-0.15, -0.1) is 0 Å². The normalized spacial score (nSPS) is 21.3. The quantitative estimate of drug-likeness (QED) is 0.455. The summed E-state index contributed by atoms with van der Waals surface area (Å²) in [6.45, 7) is 10.0. The van der Waals surface area contributed by atoms with Crippen LogP contribution in [0.15, 0.2) is 29.2 Å². The Morgan fingerprint density at radius 3 is 2.74 bits per heavy atom. The smallest absolute Gasteiger partial charge is 0.298 e. The molecule has 2 saturated heterocycles. The molecule has 1 aromatic carbocycles. The van der Waals surface area contributed by atoms with Gasteiger partial charge in [-0.1, -0.05) is 26.0 Å². The highest BCUT2D eigenvalue weighted by molar-refractivity contribution is 5.89. The molecule has 3 aliphatic rings. The zero-order valence-corrected chi connectivity index (χ0v) is 22.5. The topological polar surface area (TPSA) is 126 Å². The lowest BCUT2D eigenvalue weighted by Crippen LogP contribution is -2.60. The molecule has 39 heavy (non-hydrogen) atoms. The van der Waals surface area contributed by atoms with E-state index in [0.717, 1.165) is 43.9 Å². The fourth-order valence-corrected chi connectivity index (χ4v) is 6.21. The molecule has 11 nitrogen and oxygen atoms in total. The highest BCUT2D eigenvalue weighted by Gasteiger charge is 2.34. The Morgan fingerprint density at radius 2 is 1.97 bits per heavy atom. The fourth-order valence-electron chi connectivity index (χ4n) is 6.21. The van der Waals surface area contributed by atoms with Gasteiger partial charge in [0.1, 0.15) is 11.3 Å². The number of nitrogens with zero attached hydrogens (tertiary/aromatic N) is 8. The van der Waals surface area contributed by atoms with Crippen LogP contribution in [0.4, 0.5) is 11.8 Å². The Hall–Kier alpha value is -3.59. The van der Waals surface area contributed by atoms with Crippen LogP contribution >= 0.6 is 0 Å². The third kappa shape index (κ3) is 4.62. The molecule has 3 aromatic rings. The van der Waals surface area contributed by atoms with Crippen molar-refractivity contribution in [2.75, 3.05) is 55.6 Å². The largest absolute Gasteiger partial charge is 0.392 e. The molecule has 0 amide bonds. The molecule has 6 rings (SSSR count).